The monoisotopic (exact) mass is 308 g/mol. The fourth-order valence-electron chi connectivity index (χ4n) is 3.60. The van der Waals surface area contributed by atoms with Crippen molar-refractivity contribution in [1.82, 2.24) is 10.2 Å². The van der Waals surface area contributed by atoms with Crippen molar-refractivity contribution in [3.05, 3.63) is 35.9 Å². The van der Waals surface area contributed by atoms with Crippen LogP contribution in [-0.4, -0.2) is 36.0 Å². The third-order valence-electron chi connectivity index (χ3n) is 4.74. The number of hydrogen-bond donors (Lipinski definition) is 1. The molecule has 1 aromatic carbocycles. The van der Waals surface area contributed by atoms with Crippen LogP contribution in [0.15, 0.2) is 30.3 Å². The molecule has 3 atom stereocenters. The highest BCUT2D eigenvalue weighted by molar-refractivity contribution is 5.85. The Kier molecular flexibility index (Phi) is 5.65. The van der Waals surface area contributed by atoms with E-state index in [2.05, 4.69) is 29.3 Å². The summed E-state index contributed by atoms with van der Waals surface area (Å²) < 4.78 is 0. The van der Waals surface area contributed by atoms with Crippen molar-refractivity contribution >= 4 is 18.3 Å². The molecule has 2 fully saturated rings. The number of carbonyl (C=O) groups excluding carboxylic acids is 1. The lowest BCUT2D eigenvalue weighted by molar-refractivity contribution is -0.133. The number of benzene rings is 1. The number of halogens is 1. The van der Waals surface area contributed by atoms with E-state index < -0.39 is 0 Å². The molecule has 3 rings (SSSR count). The van der Waals surface area contributed by atoms with Crippen LogP contribution in [0, 0.1) is 0 Å². The van der Waals surface area contributed by atoms with Crippen LogP contribution in [0.5, 0.6) is 0 Å². The van der Waals surface area contributed by atoms with Crippen molar-refractivity contribution in [1.29, 1.82) is 0 Å². The van der Waals surface area contributed by atoms with Gasteiger partial charge in [-0.3, -0.25) is 4.79 Å². The van der Waals surface area contributed by atoms with Gasteiger partial charge in [0, 0.05) is 25.2 Å². The van der Waals surface area contributed by atoms with Gasteiger partial charge in [0.25, 0.3) is 0 Å². The molecule has 1 amide bonds. The highest BCUT2D eigenvalue weighted by atomic mass is 35.5. The van der Waals surface area contributed by atoms with E-state index in [-0.39, 0.29) is 18.3 Å². The molecule has 0 spiro atoms. The Morgan fingerprint density at radius 3 is 2.67 bits per heavy atom. The molecule has 21 heavy (non-hydrogen) atoms. The van der Waals surface area contributed by atoms with Crippen molar-refractivity contribution in [2.24, 2.45) is 0 Å². The van der Waals surface area contributed by atoms with Gasteiger partial charge in [0.05, 0.1) is 5.92 Å². The number of fused-ring (bicyclic) bond motifs is 2. The maximum atomic E-state index is 12.9. The first-order chi connectivity index (χ1) is 9.78. The van der Waals surface area contributed by atoms with E-state index in [9.17, 15) is 4.79 Å². The van der Waals surface area contributed by atoms with Crippen LogP contribution in [0.3, 0.4) is 0 Å². The third-order valence-corrected chi connectivity index (χ3v) is 4.74. The SMILES string of the molecule is CCC(C(=O)N1CCC2CCC(C1)N2)c1ccccc1.Cl. The van der Waals surface area contributed by atoms with Crippen LogP contribution >= 0.6 is 12.4 Å². The van der Waals surface area contributed by atoms with Gasteiger partial charge >= 0.3 is 0 Å². The third kappa shape index (κ3) is 3.58. The molecule has 116 valence electrons. The van der Waals surface area contributed by atoms with Gasteiger partial charge in [-0.1, -0.05) is 37.3 Å². The predicted molar refractivity (Wildman–Crippen MR) is 87.9 cm³/mol. The maximum absolute atomic E-state index is 12.9. The summed E-state index contributed by atoms with van der Waals surface area (Å²) in [4.78, 5) is 15.0. The molecule has 2 saturated heterocycles. The molecule has 4 heteroatoms. The smallest absolute Gasteiger partial charge is 0.230 e. The van der Waals surface area contributed by atoms with Crippen molar-refractivity contribution in [3.63, 3.8) is 0 Å². The number of nitrogens with zero attached hydrogens (tertiary/aromatic N) is 1. The van der Waals surface area contributed by atoms with Gasteiger partial charge in [0.15, 0.2) is 0 Å². The second kappa shape index (κ2) is 7.28. The van der Waals surface area contributed by atoms with Crippen LogP contribution < -0.4 is 5.32 Å². The summed E-state index contributed by atoms with van der Waals surface area (Å²) in [5.74, 6) is 0.334. The summed E-state index contributed by atoms with van der Waals surface area (Å²) in [7, 11) is 0. The second-order valence-corrected chi connectivity index (χ2v) is 6.08. The minimum Gasteiger partial charge on any atom is -0.341 e. The zero-order valence-corrected chi connectivity index (χ0v) is 13.4. The lowest BCUT2D eigenvalue weighted by Crippen LogP contribution is -2.41. The lowest BCUT2D eigenvalue weighted by atomic mass is 9.94. The Morgan fingerprint density at radius 2 is 1.95 bits per heavy atom. The van der Waals surface area contributed by atoms with Crippen LogP contribution in [0.4, 0.5) is 0 Å². The molecule has 1 N–H and O–H groups in total. The van der Waals surface area contributed by atoms with Crippen LogP contribution in [0.25, 0.3) is 0 Å². The molecule has 3 nitrogen and oxygen atoms in total. The topological polar surface area (TPSA) is 32.3 Å². The average molecular weight is 309 g/mol. The molecule has 0 aliphatic carbocycles. The van der Waals surface area contributed by atoms with Crippen molar-refractivity contribution in [3.8, 4) is 0 Å². The molecule has 0 aromatic heterocycles. The quantitative estimate of drug-likeness (QED) is 0.931. The molecule has 0 radical (unpaired) electrons. The molecular weight excluding hydrogens is 284 g/mol. The zero-order valence-electron chi connectivity index (χ0n) is 12.6. The predicted octanol–water partition coefficient (Wildman–Crippen LogP) is 2.95. The summed E-state index contributed by atoms with van der Waals surface area (Å²) in [6.45, 7) is 3.91. The van der Waals surface area contributed by atoms with E-state index in [0.29, 0.717) is 18.0 Å². The van der Waals surface area contributed by atoms with E-state index in [1.165, 1.54) is 12.8 Å². The summed E-state index contributed by atoms with van der Waals surface area (Å²) in [6, 6.07) is 11.4. The second-order valence-electron chi connectivity index (χ2n) is 6.08. The number of hydrogen-bond acceptors (Lipinski definition) is 2. The first kappa shape index (κ1) is 16.3. The summed E-state index contributed by atoms with van der Waals surface area (Å²) in [5.41, 5.74) is 1.15. The average Bonchev–Trinajstić information content (AvgIpc) is 2.80. The number of likely N-dealkylation sites (tertiary alicyclic amines) is 1. The molecular formula is C17H25ClN2O. The highest BCUT2D eigenvalue weighted by Gasteiger charge is 2.33. The van der Waals surface area contributed by atoms with Gasteiger partial charge in [0.2, 0.25) is 5.91 Å². The van der Waals surface area contributed by atoms with Crippen LogP contribution in [-0.2, 0) is 4.79 Å². The van der Waals surface area contributed by atoms with Crippen LogP contribution in [0.1, 0.15) is 44.1 Å². The molecule has 2 bridgehead atoms. The van der Waals surface area contributed by atoms with E-state index in [4.69, 9.17) is 0 Å². The maximum Gasteiger partial charge on any atom is 0.230 e. The Labute approximate surface area is 133 Å². The van der Waals surface area contributed by atoms with Gasteiger partial charge in [-0.2, -0.15) is 0 Å². The van der Waals surface area contributed by atoms with Gasteiger partial charge in [-0.05, 0) is 31.2 Å². The molecule has 0 saturated carbocycles. The van der Waals surface area contributed by atoms with E-state index in [1.807, 2.05) is 18.2 Å². The Balaban J connectivity index is 0.00000161. The molecule has 2 aliphatic rings. The lowest BCUT2D eigenvalue weighted by Gasteiger charge is -2.28. The highest BCUT2D eigenvalue weighted by Crippen LogP contribution is 2.26. The number of carbonyl (C=O) groups is 1. The van der Waals surface area contributed by atoms with Gasteiger partial charge in [0.1, 0.15) is 0 Å². The van der Waals surface area contributed by atoms with Gasteiger partial charge in [-0.25, -0.2) is 0 Å². The minimum absolute atomic E-state index is 0. The molecule has 2 aliphatic heterocycles. The zero-order chi connectivity index (χ0) is 13.9. The number of rotatable bonds is 3. The van der Waals surface area contributed by atoms with Crippen molar-refractivity contribution in [2.75, 3.05) is 13.1 Å². The fourth-order valence-corrected chi connectivity index (χ4v) is 3.60. The van der Waals surface area contributed by atoms with E-state index in [0.717, 1.165) is 31.5 Å². The summed E-state index contributed by atoms with van der Waals surface area (Å²) >= 11 is 0. The number of nitrogens with one attached hydrogen (secondary N) is 1. The standard InChI is InChI=1S/C17H24N2O.ClH/c1-2-16(13-6-4-3-5-7-13)17(20)19-11-10-14-8-9-15(12-19)18-14;/h3-7,14-16,18H,2,8-12H2,1H3;1H. The molecule has 2 heterocycles. The fraction of sp³-hybridized carbons (Fsp3) is 0.588. The first-order valence-corrected chi connectivity index (χ1v) is 7.87. The van der Waals surface area contributed by atoms with Gasteiger partial charge in [-0.15, -0.1) is 12.4 Å². The normalized spacial score (nSPS) is 25.9. The Morgan fingerprint density at radius 1 is 1.24 bits per heavy atom. The van der Waals surface area contributed by atoms with Crippen molar-refractivity contribution in [2.45, 2.75) is 50.6 Å². The summed E-state index contributed by atoms with van der Waals surface area (Å²) in [6.07, 6.45) is 4.48. The first-order valence-electron chi connectivity index (χ1n) is 7.87. The minimum atomic E-state index is 0. The van der Waals surface area contributed by atoms with E-state index >= 15 is 0 Å². The molecule has 1 aromatic rings. The Bertz CT molecular complexity index is 465. The van der Waals surface area contributed by atoms with Crippen molar-refractivity contribution < 1.29 is 4.79 Å². The molecule has 3 unspecified atom stereocenters. The van der Waals surface area contributed by atoms with E-state index in [1.54, 1.807) is 0 Å². The summed E-state index contributed by atoms with van der Waals surface area (Å²) in [5, 5.41) is 3.64. The number of amides is 1. The largest absolute Gasteiger partial charge is 0.341 e. The van der Waals surface area contributed by atoms with Gasteiger partial charge < -0.3 is 10.2 Å². The van der Waals surface area contributed by atoms with Crippen LogP contribution in [0.2, 0.25) is 0 Å². The Hall–Kier alpha value is -1.06.